The molecular formula is C16H18N2O4. The Morgan fingerprint density at radius 1 is 1.27 bits per heavy atom. The van der Waals surface area contributed by atoms with Gasteiger partial charge in [0.25, 0.3) is 11.5 Å². The van der Waals surface area contributed by atoms with Gasteiger partial charge in [0.15, 0.2) is 0 Å². The molecule has 116 valence electrons. The number of carbonyl (C=O) groups is 1. The highest BCUT2D eigenvalue weighted by molar-refractivity contribution is 5.93. The van der Waals surface area contributed by atoms with Crippen LogP contribution in [0.2, 0.25) is 0 Å². The number of carbonyl (C=O) groups excluding carboxylic acids is 1. The SMILES string of the molecule is Cc1ccc(C(=O)NCC(O)COc2ccccc2)c(=O)[nH]1. The summed E-state index contributed by atoms with van der Waals surface area (Å²) in [6.07, 6.45) is -0.867. The number of H-pyrrole nitrogens is 1. The molecule has 0 fully saturated rings. The van der Waals surface area contributed by atoms with Gasteiger partial charge in [0.05, 0.1) is 0 Å². The van der Waals surface area contributed by atoms with Crippen LogP contribution in [0.3, 0.4) is 0 Å². The van der Waals surface area contributed by atoms with Crippen molar-refractivity contribution in [2.45, 2.75) is 13.0 Å². The molecule has 2 rings (SSSR count). The Labute approximate surface area is 127 Å². The van der Waals surface area contributed by atoms with Gasteiger partial charge in [-0.1, -0.05) is 18.2 Å². The standard InChI is InChI=1S/C16H18N2O4/c1-11-7-8-14(16(21)18-11)15(20)17-9-12(19)10-22-13-5-3-2-4-6-13/h2-8,12,19H,9-10H2,1H3,(H,17,20)(H,18,21). The number of para-hydroxylation sites is 1. The summed E-state index contributed by atoms with van der Waals surface area (Å²) in [7, 11) is 0. The molecule has 0 aliphatic rings. The molecule has 1 unspecified atom stereocenters. The van der Waals surface area contributed by atoms with Crippen molar-refractivity contribution in [2.24, 2.45) is 0 Å². The number of aromatic nitrogens is 1. The van der Waals surface area contributed by atoms with E-state index in [0.29, 0.717) is 11.4 Å². The van der Waals surface area contributed by atoms with Gasteiger partial charge in [-0.25, -0.2) is 0 Å². The number of pyridine rings is 1. The lowest BCUT2D eigenvalue weighted by atomic mass is 10.2. The number of benzene rings is 1. The van der Waals surface area contributed by atoms with Gasteiger partial charge in [-0.15, -0.1) is 0 Å². The minimum Gasteiger partial charge on any atom is -0.491 e. The van der Waals surface area contributed by atoms with Crippen LogP contribution in [0.4, 0.5) is 0 Å². The van der Waals surface area contributed by atoms with E-state index in [9.17, 15) is 14.7 Å². The summed E-state index contributed by atoms with van der Waals surface area (Å²) in [4.78, 5) is 26.1. The molecule has 0 saturated heterocycles. The zero-order valence-electron chi connectivity index (χ0n) is 12.2. The van der Waals surface area contributed by atoms with Crippen LogP contribution in [-0.4, -0.2) is 35.3 Å². The fourth-order valence-electron chi connectivity index (χ4n) is 1.82. The largest absolute Gasteiger partial charge is 0.491 e. The van der Waals surface area contributed by atoms with E-state index in [0.717, 1.165) is 0 Å². The van der Waals surface area contributed by atoms with Gasteiger partial charge in [-0.05, 0) is 31.2 Å². The predicted molar refractivity (Wildman–Crippen MR) is 82.1 cm³/mol. The number of nitrogens with one attached hydrogen (secondary N) is 2. The molecule has 1 heterocycles. The first kappa shape index (κ1) is 15.8. The zero-order chi connectivity index (χ0) is 15.9. The van der Waals surface area contributed by atoms with Crippen molar-refractivity contribution in [3.05, 3.63) is 64.1 Å². The van der Waals surface area contributed by atoms with E-state index in [2.05, 4.69) is 10.3 Å². The van der Waals surface area contributed by atoms with Crippen molar-refractivity contribution < 1.29 is 14.6 Å². The molecule has 2 aromatic rings. The molecule has 1 aromatic carbocycles. The smallest absolute Gasteiger partial charge is 0.260 e. The number of aromatic amines is 1. The topological polar surface area (TPSA) is 91.4 Å². The first-order valence-electron chi connectivity index (χ1n) is 6.90. The Bertz CT molecular complexity index is 682. The lowest BCUT2D eigenvalue weighted by molar-refractivity contribution is 0.0842. The number of ether oxygens (including phenoxy) is 1. The molecule has 1 aromatic heterocycles. The number of aliphatic hydroxyl groups is 1. The van der Waals surface area contributed by atoms with E-state index < -0.39 is 17.6 Å². The number of rotatable bonds is 6. The van der Waals surface area contributed by atoms with Crippen LogP contribution < -0.4 is 15.6 Å². The summed E-state index contributed by atoms with van der Waals surface area (Å²) in [6, 6.07) is 12.2. The lowest BCUT2D eigenvalue weighted by Gasteiger charge is -2.13. The maximum atomic E-state index is 11.9. The van der Waals surface area contributed by atoms with Gasteiger partial charge in [0, 0.05) is 12.2 Å². The fourth-order valence-corrected chi connectivity index (χ4v) is 1.82. The highest BCUT2D eigenvalue weighted by Gasteiger charge is 2.12. The number of aryl methyl sites for hydroxylation is 1. The normalized spacial score (nSPS) is 11.7. The van der Waals surface area contributed by atoms with Crippen molar-refractivity contribution in [3.63, 3.8) is 0 Å². The van der Waals surface area contributed by atoms with E-state index in [-0.39, 0.29) is 18.7 Å². The van der Waals surface area contributed by atoms with Crippen molar-refractivity contribution in [2.75, 3.05) is 13.2 Å². The average molecular weight is 302 g/mol. The van der Waals surface area contributed by atoms with Crippen LogP contribution in [0.15, 0.2) is 47.3 Å². The molecule has 1 amide bonds. The van der Waals surface area contributed by atoms with E-state index >= 15 is 0 Å². The van der Waals surface area contributed by atoms with Gasteiger partial charge in [0.2, 0.25) is 0 Å². The summed E-state index contributed by atoms with van der Waals surface area (Å²) in [6.45, 7) is 1.78. The van der Waals surface area contributed by atoms with Gasteiger partial charge in [-0.2, -0.15) is 0 Å². The molecule has 0 bridgehead atoms. The quantitative estimate of drug-likeness (QED) is 0.738. The Morgan fingerprint density at radius 2 is 2.00 bits per heavy atom. The molecule has 6 heteroatoms. The van der Waals surface area contributed by atoms with Crippen LogP contribution in [-0.2, 0) is 0 Å². The fraction of sp³-hybridized carbons (Fsp3) is 0.250. The van der Waals surface area contributed by atoms with Crippen LogP contribution in [0.1, 0.15) is 16.1 Å². The second-order valence-corrected chi connectivity index (χ2v) is 4.87. The molecule has 6 nitrogen and oxygen atoms in total. The Morgan fingerprint density at radius 3 is 2.68 bits per heavy atom. The second kappa shape index (κ2) is 7.42. The number of aliphatic hydroxyl groups excluding tert-OH is 1. The Hall–Kier alpha value is -2.60. The monoisotopic (exact) mass is 302 g/mol. The minimum absolute atomic E-state index is 0.00101. The second-order valence-electron chi connectivity index (χ2n) is 4.87. The first-order valence-corrected chi connectivity index (χ1v) is 6.90. The Balaban J connectivity index is 1.81. The molecular weight excluding hydrogens is 284 g/mol. The minimum atomic E-state index is -0.867. The van der Waals surface area contributed by atoms with Crippen LogP contribution >= 0.6 is 0 Å². The molecule has 0 saturated carbocycles. The molecule has 0 aliphatic heterocycles. The summed E-state index contributed by atoms with van der Waals surface area (Å²) in [5.74, 6) is 0.114. The van der Waals surface area contributed by atoms with Gasteiger partial charge < -0.3 is 20.1 Å². The maximum Gasteiger partial charge on any atom is 0.260 e. The average Bonchev–Trinajstić information content (AvgIpc) is 2.51. The van der Waals surface area contributed by atoms with E-state index in [4.69, 9.17) is 4.74 Å². The van der Waals surface area contributed by atoms with Gasteiger partial charge in [0.1, 0.15) is 24.0 Å². The molecule has 0 aliphatic carbocycles. The summed E-state index contributed by atoms with van der Waals surface area (Å²) in [5.41, 5.74) is 0.243. The van der Waals surface area contributed by atoms with E-state index in [1.807, 2.05) is 18.2 Å². The lowest BCUT2D eigenvalue weighted by Crippen LogP contribution is -2.37. The third-order valence-electron chi connectivity index (χ3n) is 2.98. The number of hydrogen-bond acceptors (Lipinski definition) is 4. The summed E-state index contributed by atoms with van der Waals surface area (Å²) in [5, 5.41) is 12.3. The molecule has 1 atom stereocenters. The van der Waals surface area contributed by atoms with Crippen molar-refractivity contribution >= 4 is 5.91 Å². The molecule has 0 radical (unpaired) electrons. The van der Waals surface area contributed by atoms with Crippen LogP contribution in [0, 0.1) is 6.92 Å². The molecule has 3 N–H and O–H groups in total. The zero-order valence-corrected chi connectivity index (χ0v) is 12.2. The van der Waals surface area contributed by atoms with Crippen LogP contribution in [0.25, 0.3) is 0 Å². The Kier molecular flexibility index (Phi) is 5.32. The highest BCUT2D eigenvalue weighted by Crippen LogP contribution is 2.08. The molecule has 22 heavy (non-hydrogen) atoms. The van der Waals surface area contributed by atoms with Crippen molar-refractivity contribution in [1.29, 1.82) is 0 Å². The third kappa shape index (κ3) is 4.46. The number of amides is 1. The third-order valence-corrected chi connectivity index (χ3v) is 2.98. The van der Waals surface area contributed by atoms with Gasteiger partial charge in [-0.3, -0.25) is 9.59 Å². The summed E-state index contributed by atoms with van der Waals surface area (Å²) >= 11 is 0. The first-order chi connectivity index (χ1) is 10.6. The summed E-state index contributed by atoms with van der Waals surface area (Å²) < 4.78 is 5.38. The predicted octanol–water partition coefficient (Wildman–Crippen LogP) is 0.853. The van der Waals surface area contributed by atoms with Crippen LogP contribution in [0.5, 0.6) is 5.75 Å². The van der Waals surface area contributed by atoms with E-state index in [1.54, 1.807) is 25.1 Å². The van der Waals surface area contributed by atoms with Crippen molar-refractivity contribution in [1.82, 2.24) is 10.3 Å². The van der Waals surface area contributed by atoms with Gasteiger partial charge >= 0.3 is 0 Å². The maximum absolute atomic E-state index is 11.9. The van der Waals surface area contributed by atoms with E-state index in [1.165, 1.54) is 6.07 Å². The molecule has 0 spiro atoms. The van der Waals surface area contributed by atoms with Crippen molar-refractivity contribution in [3.8, 4) is 5.75 Å². The highest BCUT2D eigenvalue weighted by atomic mass is 16.5. The number of hydrogen-bond donors (Lipinski definition) is 3.